The van der Waals surface area contributed by atoms with Gasteiger partial charge in [0.1, 0.15) is 6.04 Å². The van der Waals surface area contributed by atoms with E-state index in [0.29, 0.717) is 18.7 Å². The van der Waals surface area contributed by atoms with Crippen molar-refractivity contribution in [1.82, 2.24) is 10.0 Å². The van der Waals surface area contributed by atoms with Gasteiger partial charge in [-0.2, -0.15) is 16.5 Å². The first-order valence-electron chi connectivity index (χ1n) is 9.57. The van der Waals surface area contributed by atoms with Crippen molar-refractivity contribution in [3.8, 4) is 0 Å². The number of amides is 1. The van der Waals surface area contributed by atoms with Crippen molar-refractivity contribution in [3.05, 3.63) is 60.2 Å². The number of thioether (sulfide) groups is 1. The molecule has 0 radical (unpaired) electrons. The monoisotopic (exact) mass is 435 g/mol. The van der Waals surface area contributed by atoms with Crippen LogP contribution in [-0.4, -0.2) is 45.5 Å². The fourth-order valence-electron chi connectivity index (χ4n) is 2.66. The Morgan fingerprint density at radius 1 is 1.03 bits per heavy atom. The molecule has 2 rings (SSSR count). The van der Waals surface area contributed by atoms with Gasteiger partial charge in [0.2, 0.25) is 15.9 Å². The van der Waals surface area contributed by atoms with Crippen molar-refractivity contribution in [1.29, 1.82) is 0 Å². The number of carbonyl (C=O) groups is 1. The Morgan fingerprint density at radius 3 is 2.38 bits per heavy atom. The number of rotatable bonds is 12. The molecule has 0 aliphatic carbocycles. The number of hydrogen-bond donors (Lipinski definition) is 3. The molecule has 6 nitrogen and oxygen atoms in total. The van der Waals surface area contributed by atoms with E-state index in [9.17, 15) is 13.2 Å². The number of para-hydroxylation sites is 1. The summed E-state index contributed by atoms with van der Waals surface area (Å²) in [6.07, 6.45) is 3.10. The number of sulfonamides is 1. The summed E-state index contributed by atoms with van der Waals surface area (Å²) >= 11 is 1.58. The van der Waals surface area contributed by atoms with Gasteiger partial charge >= 0.3 is 0 Å². The van der Waals surface area contributed by atoms with E-state index in [1.807, 2.05) is 43.5 Å². The van der Waals surface area contributed by atoms with Crippen LogP contribution < -0.4 is 15.4 Å². The normalized spacial score (nSPS) is 12.3. The molecule has 2 aromatic carbocycles. The molecule has 158 valence electrons. The van der Waals surface area contributed by atoms with E-state index >= 15 is 0 Å². The van der Waals surface area contributed by atoms with Crippen LogP contribution in [0.1, 0.15) is 18.4 Å². The summed E-state index contributed by atoms with van der Waals surface area (Å²) in [5.74, 6) is 0.388. The topological polar surface area (TPSA) is 87.3 Å². The molecule has 8 heteroatoms. The van der Waals surface area contributed by atoms with Gasteiger partial charge in [-0.3, -0.25) is 4.79 Å². The van der Waals surface area contributed by atoms with E-state index in [2.05, 4.69) is 15.4 Å². The van der Waals surface area contributed by atoms with Gasteiger partial charge < -0.3 is 10.6 Å². The lowest BCUT2D eigenvalue weighted by Crippen LogP contribution is -2.47. The number of nitrogens with one attached hydrogen (secondary N) is 3. The van der Waals surface area contributed by atoms with E-state index in [0.717, 1.165) is 24.2 Å². The quantitative estimate of drug-likeness (QED) is 0.446. The van der Waals surface area contributed by atoms with Crippen LogP contribution in [0.25, 0.3) is 0 Å². The molecule has 1 unspecified atom stereocenters. The summed E-state index contributed by atoms with van der Waals surface area (Å²) < 4.78 is 27.9. The molecule has 0 bridgehead atoms. The van der Waals surface area contributed by atoms with Crippen LogP contribution in [0.3, 0.4) is 0 Å². The average Bonchev–Trinajstić information content (AvgIpc) is 2.71. The molecular formula is C21H29N3O3S2. The maximum atomic E-state index is 12.6. The first kappa shape index (κ1) is 23.3. The molecule has 29 heavy (non-hydrogen) atoms. The summed E-state index contributed by atoms with van der Waals surface area (Å²) in [6, 6.07) is 15.6. The second-order valence-electron chi connectivity index (χ2n) is 6.71. The van der Waals surface area contributed by atoms with Crippen molar-refractivity contribution in [2.24, 2.45) is 0 Å². The third-order valence-corrected chi connectivity index (χ3v) is 6.44. The van der Waals surface area contributed by atoms with Gasteiger partial charge in [-0.25, -0.2) is 8.42 Å². The highest BCUT2D eigenvalue weighted by Crippen LogP contribution is 2.12. The standard InChI is InChI=1S/C21H29N3O3S2/c1-17-9-11-19(12-10-17)29(26,27)24-20(13-16-28-2)21(25)23-15-6-14-22-18-7-4-3-5-8-18/h3-5,7-12,20,22,24H,6,13-16H2,1-2H3,(H,23,25). The van der Waals surface area contributed by atoms with Gasteiger partial charge in [0.05, 0.1) is 4.90 Å². The maximum absolute atomic E-state index is 12.6. The molecule has 0 aromatic heterocycles. The molecule has 1 atom stereocenters. The Balaban J connectivity index is 1.87. The first-order valence-corrected chi connectivity index (χ1v) is 12.4. The molecule has 3 N–H and O–H groups in total. The van der Waals surface area contributed by atoms with Crippen LogP contribution >= 0.6 is 11.8 Å². The van der Waals surface area contributed by atoms with Crippen LogP contribution in [-0.2, 0) is 14.8 Å². The second kappa shape index (κ2) is 11.8. The molecular weight excluding hydrogens is 406 g/mol. The summed E-state index contributed by atoms with van der Waals surface area (Å²) in [7, 11) is -3.76. The zero-order valence-corrected chi connectivity index (χ0v) is 18.5. The maximum Gasteiger partial charge on any atom is 0.241 e. The fourth-order valence-corrected chi connectivity index (χ4v) is 4.37. The Labute approximate surface area is 177 Å². The smallest absolute Gasteiger partial charge is 0.241 e. The number of hydrogen-bond acceptors (Lipinski definition) is 5. The third-order valence-electron chi connectivity index (χ3n) is 4.31. The third kappa shape index (κ3) is 8.08. The number of aryl methyl sites for hydroxylation is 1. The Morgan fingerprint density at radius 2 is 1.72 bits per heavy atom. The molecule has 0 aliphatic heterocycles. The number of carbonyl (C=O) groups excluding carboxylic acids is 1. The molecule has 1 amide bonds. The van der Waals surface area contributed by atoms with Gasteiger partial charge in [0, 0.05) is 18.8 Å². The highest BCUT2D eigenvalue weighted by Gasteiger charge is 2.25. The van der Waals surface area contributed by atoms with Gasteiger partial charge in [-0.1, -0.05) is 35.9 Å². The minimum Gasteiger partial charge on any atom is -0.385 e. The molecule has 0 saturated heterocycles. The fraction of sp³-hybridized carbons (Fsp3) is 0.381. The van der Waals surface area contributed by atoms with E-state index in [1.54, 1.807) is 36.0 Å². The second-order valence-corrected chi connectivity index (χ2v) is 9.41. The highest BCUT2D eigenvalue weighted by molar-refractivity contribution is 7.98. The van der Waals surface area contributed by atoms with Crippen molar-refractivity contribution in [3.63, 3.8) is 0 Å². The van der Waals surface area contributed by atoms with Crippen LogP contribution in [0.5, 0.6) is 0 Å². The summed E-state index contributed by atoms with van der Waals surface area (Å²) in [5, 5.41) is 6.13. The average molecular weight is 436 g/mol. The first-order chi connectivity index (χ1) is 13.9. The predicted molar refractivity (Wildman–Crippen MR) is 121 cm³/mol. The number of anilines is 1. The van der Waals surface area contributed by atoms with Gasteiger partial charge in [0.15, 0.2) is 0 Å². The summed E-state index contributed by atoms with van der Waals surface area (Å²) in [6.45, 7) is 3.08. The van der Waals surface area contributed by atoms with Crippen LogP contribution in [0.2, 0.25) is 0 Å². The summed E-state index contributed by atoms with van der Waals surface area (Å²) in [5.41, 5.74) is 2.01. The van der Waals surface area contributed by atoms with Crippen molar-refractivity contribution < 1.29 is 13.2 Å². The predicted octanol–water partition coefficient (Wildman–Crippen LogP) is 3.01. The van der Waals surface area contributed by atoms with Crippen molar-refractivity contribution in [2.45, 2.75) is 30.7 Å². The molecule has 2 aromatic rings. The minimum atomic E-state index is -3.76. The lowest BCUT2D eigenvalue weighted by molar-refractivity contribution is -0.122. The van der Waals surface area contributed by atoms with Crippen LogP contribution in [0, 0.1) is 6.92 Å². The molecule has 0 fully saturated rings. The van der Waals surface area contributed by atoms with Crippen LogP contribution in [0.4, 0.5) is 5.69 Å². The minimum absolute atomic E-state index is 0.164. The molecule has 0 saturated carbocycles. The summed E-state index contributed by atoms with van der Waals surface area (Å²) in [4.78, 5) is 12.7. The van der Waals surface area contributed by atoms with E-state index in [-0.39, 0.29) is 10.8 Å². The highest BCUT2D eigenvalue weighted by atomic mass is 32.2. The molecule has 0 spiro atoms. The van der Waals surface area contributed by atoms with E-state index in [4.69, 9.17) is 0 Å². The zero-order valence-electron chi connectivity index (χ0n) is 16.9. The van der Waals surface area contributed by atoms with E-state index in [1.165, 1.54) is 0 Å². The molecule has 0 aliphatic rings. The lowest BCUT2D eigenvalue weighted by atomic mass is 10.2. The van der Waals surface area contributed by atoms with Gasteiger partial charge in [-0.15, -0.1) is 0 Å². The molecule has 0 heterocycles. The van der Waals surface area contributed by atoms with E-state index < -0.39 is 16.1 Å². The van der Waals surface area contributed by atoms with Gasteiger partial charge in [-0.05, 0) is 56.0 Å². The van der Waals surface area contributed by atoms with Crippen molar-refractivity contribution >= 4 is 33.4 Å². The SMILES string of the molecule is CSCCC(NS(=O)(=O)c1ccc(C)cc1)C(=O)NCCCNc1ccccc1. The zero-order chi connectivity index (χ0) is 21.1. The number of benzene rings is 2. The largest absolute Gasteiger partial charge is 0.385 e. The van der Waals surface area contributed by atoms with Crippen LogP contribution in [0.15, 0.2) is 59.5 Å². The van der Waals surface area contributed by atoms with Gasteiger partial charge in [0.25, 0.3) is 0 Å². The Bertz CT molecular complexity index is 856. The van der Waals surface area contributed by atoms with Crippen molar-refractivity contribution in [2.75, 3.05) is 30.4 Å². The Hall–Kier alpha value is -2.03. The Kier molecular flexibility index (Phi) is 9.50. The lowest BCUT2D eigenvalue weighted by Gasteiger charge is -2.18.